The molecule has 1 aliphatic carbocycles. The first-order valence-corrected chi connectivity index (χ1v) is 6.02. The third kappa shape index (κ3) is 2.21. The summed E-state index contributed by atoms with van der Waals surface area (Å²) in [6.45, 7) is 1.99. The summed E-state index contributed by atoms with van der Waals surface area (Å²) in [4.78, 5) is 4.39. The van der Waals surface area contributed by atoms with Gasteiger partial charge in [0.1, 0.15) is 0 Å². The van der Waals surface area contributed by atoms with Crippen molar-refractivity contribution in [3.8, 4) is 0 Å². The molecule has 0 atom stereocenters. The summed E-state index contributed by atoms with van der Waals surface area (Å²) in [5, 5.41) is 1.85. The van der Waals surface area contributed by atoms with Gasteiger partial charge in [0.15, 0.2) is 0 Å². The van der Waals surface area contributed by atoms with Gasteiger partial charge in [-0.25, -0.2) is 4.98 Å². The zero-order chi connectivity index (χ0) is 9.97. The molecule has 0 bridgehead atoms. The molecule has 0 saturated heterocycles. The first-order valence-electron chi connectivity index (χ1n) is 5.14. The van der Waals surface area contributed by atoms with Crippen LogP contribution < -0.4 is 5.73 Å². The van der Waals surface area contributed by atoms with Gasteiger partial charge in [-0.3, -0.25) is 0 Å². The summed E-state index contributed by atoms with van der Waals surface area (Å²) in [7, 11) is 0. The fraction of sp³-hybridized carbons (Fsp3) is 0.545. The predicted octanol–water partition coefficient (Wildman–Crippen LogP) is 3.01. The van der Waals surface area contributed by atoms with Crippen molar-refractivity contribution in [1.29, 1.82) is 0 Å². The average Bonchev–Trinajstić information content (AvgIpc) is 2.64. The molecule has 14 heavy (non-hydrogen) atoms. The fourth-order valence-corrected chi connectivity index (χ4v) is 2.98. The Bertz CT molecular complexity index is 319. The van der Waals surface area contributed by atoms with Gasteiger partial charge < -0.3 is 5.73 Å². The lowest BCUT2D eigenvalue weighted by atomic mass is 10.3. The summed E-state index contributed by atoms with van der Waals surface area (Å²) >= 11 is 1.88. The largest absolute Gasteiger partial charge is 0.398 e. The monoisotopic (exact) mass is 208 g/mol. The lowest BCUT2D eigenvalue weighted by Crippen LogP contribution is -1.97. The number of hydrogen-bond acceptors (Lipinski definition) is 3. The number of aromatic nitrogens is 1. The molecule has 0 spiro atoms. The highest BCUT2D eigenvalue weighted by atomic mass is 32.2. The zero-order valence-electron chi connectivity index (χ0n) is 8.49. The van der Waals surface area contributed by atoms with Gasteiger partial charge in [0.2, 0.25) is 0 Å². The molecule has 0 aliphatic heterocycles. The third-order valence-electron chi connectivity index (χ3n) is 2.71. The first kappa shape index (κ1) is 9.84. The molecule has 2 nitrogen and oxygen atoms in total. The molecule has 76 valence electrons. The van der Waals surface area contributed by atoms with Crippen molar-refractivity contribution < 1.29 is 0 Å². The summed E-state index contributed by atoms with van der Waals surface area (Å²) in [6.07, 6.45) is 7.28. The Morgan fingerprint density at radius 3 is 2.79 bits per heavy atom. The Balaban J connectivity index is 2.05. The van der Waals surface area contributed by atoms with E-state index in [9.17, 15) is 0 Å². The van der Waals surface area contributed by atoms with E-state index in [0.717, 1.165) is 21.5 Å². The van der Waals surface area contributed by atoms with E-state index in [-0.39, 0.29) is 0 Å². The molecular formula is C11H16N2S. The molecule has 1 aliphatic rings. The predicted molar refractivity (Wildman–Crippen MR) is 61.5 cm³/mol. The van der Waals surface area contributed by atoms with Crippen molar-refractivity contribution in [3.05, 3.63) is 17.8 Å². The maximum absolute atomic E-state index is 5.84. The van der Waals surface area contributed by atoms with Crippen molar-refractivity contribution in [3.63, 3.8) is 0 Å². The Morgan fingerprint density at radius 1 is 1.43 bits per heavy atom. The van der Waals surface area contributed by atoms with E-state index < -0.39 is 0 Å². The minimum atomic E-state index is 0.768. The van der Waals surface area contributed by atoms with Gasteiger partial charge in [-0.2, -0.15) is 0 Å². The maximum atomic E-state index is 5.84. The summed E-state index contributed by atoms with van der Waals surface area (Å²) in [5.41, 5.74) is 7.77. The average molecular weight is 208 g/mol. The molecular weight excluding hydrogens is 192 g/mol. The highest BCUT2D eigenvalue weighted by Crippen LogP contribution is 2.34. The van der Waals surface area contributed by atoms with E-state index in [4.69, 9.17) is 5.73 Å². The molecule has 2 N–H and O–H groups in total. The normalized spacial score (nSPS) is 17.5. The number of aryl methyl sites for hydroxylation is 1. The third-order valence-corrected chi connectivity index (χ3v) is 3.98. The second-order valence-corrected chi connectivity index (χ2v) is 5.22. The lowest BCUT2D eigenvalue weighted by Gasteiger charge is -2.08. The number of rotatable bonds is 2. The minimum Gasteiger partial charge on any atom is -0.398 e. The second-order valence-electron chi connectivity index (χ2n) is 3.90. The number of nitrogens with two attached hydrogens (primary N) is 1. The van der Waals surface area contributed by atoms with Gasteiger partial charge in [0, 0.05) is 17.1 Å². The lowest BCUT2D eigenvalue weighted by molar-refractivity contribution is 0.886. The van der Waals surface area contributed by atoms with E-state index >= 15 is 0 Å². The smallest absolute Gasteiger partial charge is 0.0983 e. The molecule has 1 heterocycles. The first-order chi connectivity index (χ1) is 6.75. The number of nitrogen functional groups attached to an aromatic ring is 1. The van der Waals surface area contributed by atoms with Crippen molar-refractivity contribution in [2.24, 2.45) is 0 Å². The van der Waals surface area contributed by atoms with E-state index in [2.05, 4.69) is 4.98 Å². The van der Waals surface area contributed by atoms with Crippen LogP contribution in [0.3, 0.4) is 0 Å². The van der Waals surface area contributed by atoms with Gasteiger partial charge in [0.05, 0.1) is 5.03 Å². The quantitative estimate of drug-likeness (QED) is 0.812. The van der Waals surface area contributed by atoms with Gasteiger partial charge >= 0.3 is 0 Å². The van der Waals surface area contributed by atoms with Crippen molar-refractivity contribution in [2.75, 3.05) is 5.73 Å². The summed E-state index contributed by atoms with van der Waals surface area (Å²) in [5.74, 6) is 0. The molecule has 0 amide bonds. The Labute approximate surface area is 89.3 Å². The summed E-state index contributed by atoms with van der Waals surface area (Å²) in [6, 6.07) is 2.00. The SMILES string of the molecule is Cc1cnc(SC2CCCC2)cc1N. The van der Waals surface area contributed by atoms with Gasteiger partial charge in [-0.1, -0.05) is 12.8 Å². The molecule has 1 aromatic rings. The second kappa shape index (κ2) is 4.22. The molecule has 2 rings (SSSR count). The van der Waals surface area contributed by atoms with Crippen LogP contribution in [0.2, 0.25) is 0 Å². The van der Waals surface area contributed by atoms with Crippen molar-refractivity contribution in [1.82, 2.24) is 4.98 Å². The Kier molecular flexibility index (Phi) is 2.96. The van der Waals surface area contributed by atoms with Crippen LogP contribution in [0.4, 0.5) is 5.69 Å². The van der Waals surface area contributed by atoms with Crippen LogP contribution in [0.5, 0.6) is 0 Å². The van der Waals surface area contributed by atoms with Crippen LogP contribution in [0.25, 0.3) is 0 Å². The molecule has 1 saturated carbocycles. The molecule has 1 fully saturated rings. The Morgan fingerprint density at radius 2 is 2.14 bits per heavy atom. The van der Waals surface area contributed by atoms with Gasteiger partial charge in [-0.15, -0.1) is 11.8 Å². The van der Waals surface area contributed by atoms with Crippen LogP contribution in [0.15, 0.2) is 17.3 Å². The molecule has 0 unspecified atom stereocenters. The number of anilines is 1. The van der Waals surface area contributed by atoms with Crippen LogP contribution in [-0.4, -0.2) is 10.2 Å². The van der Waals surface area contributed by atoms with E-state index in [0.29, 0.717) is 0 Å². The highest BCUT2D eigenvalue weighted by Gasteiger charge is 2.16. The maximum Gasteiger partial charge on any atom is 0.0983 e. The van der Waals surface area contributed by atoms with Crippen molar-refractivity contribution in [2.45, 2.75) is 42.9 Å². The molecule has 0 radical (unpaired) electrons. The molecule has 1 aromatic heterocycles. The van der Waals surface area contributed by atoms with Crippen LogP contribution >= 0.6 is 11.8 Å². The number of nitrogens with zero attached hydrogens (tertiary/aromatic N) is 1. The van der Waals surface area contributed by atoms with Crippen molar-refractivity contribution >= 4 is 17.4 Å². The fourth-order valence-electron chi connectivity index (χ4n) is 1.76. The van der Waals surface area contributed by atoms with E-state index in [1.807, 2.05) is 30.9 Å². The van der Waals surface area contributed by atoms with Crippen LogP contribution in [0, 0.1) is 6.92 Å². The zero-order valence-corrected chi connectivity index (χ0v) is 9.31. The minimum absolute atomic E-state index is 0.768. The van der Waals surface area contributed by atoms with Crippen LogP contribution in [-0.2, 0) is 0 Å². The van der Waals surface area contributed by atoms with Gasteiger partial charge in [0.25, 0.3) is 0 Å². The van der Waals surface area contributed by atoms with E-state index in [1.54, 1.807) is 0 Å². The number of pyridine rings is 1. The van der Waals surface area contributed by atoms with Crippen LogP contribution in [0.1, 0.15) is 31.2 Å². The molecule has 3 heteroatoms. The summed E-state index contributed by atoms with van der Waals surface area (Å²) < 4.78 is 0. The number of hydrogen-bond donors (Lipinski definition) is 1. The molecule has 0 aromatic carbocycles. The highest BCUT2D eigenvalue weighted by molar-refractivity contribution is 7.99. The van der Waals surface area contributed by atoms with E-state index in [1.165, 1.54) is 25.7 Å². The van der Waals surface area contributed by atoms with Gasteiger partial charge in [-0.05, 0) is 31.4 Å². The standard InChI is InChI=1S/C11H16N2S/c1-8-7-13-11(6-10(8)12)14-9-4-2-3-5-9/h6-7,9H,2-5H2,1H3,(H2,12,13). The topological polar surface area (TPSA) is 38.9 Å². The Hall–Kier alpha value is -0.700. The number of thioether (sulfide) groups is 1.